The lowest BCUT2D eigenvalue weighted by molar-refractivity contribution is -0.119. The summed E-state index contributed by atoms with van der Waals surface area (Å²) in [5, 5.41) is 7.27. The normalized spacial score (nSPS) is 10.2. The summed E-state index contributed by atoms with van der Waals surface area (Å²) in [4.78, 5) is 47.0. The van der Waals surface area contributed by atoms with E-state index in [-0.39, 0.29) is 28.4 Å². The minimum Gasteiger partial charge on any atom is -0.452 e. The Morgan fingerprint density at radius 1 is 0.903 bits per heavy atom. The van der Waals surface area contributed by atoms with Gasteiger partial charge >= 0.3 is 12.6 Å². The number of hydrogen-bond acceptors (Lipinski definition) is 6. The molecule has 3 amide bonds. The molecule has 0 fully saturated rings. The van der Waals surface area contributed by atoms with Crippen LogP contribution in [0.3, 0.4) is 0 Å². The molecule has 9 nitrogen and oxygen atoms in total. The number of anilines is 3. The molecule has 2 rings (SSSR count). The molecule has 31 heavy (non-hydrogen) atoms. The van der Waals surface area contributed by atoms with Crippen LogP contribution in [-0.2, 0) is 19.1 Å². The molecular formula is C20H19F2N3O6. The Hall–Kier alpha value is -4.02. The van der Waals surface area contributed by atoms with Gasteiger partial charge in [-0.3, -0.25) is 14.4 Å². The van der Waals surface area contributed by atoms with Gasteiger partial charge in [-0.05, 0) is 30.3 Å². The molecule has 0 saturated heterocycles. The Labute approximate surface area is 175 Å². The summed E-state index contributed by atoms with van der Waals surface area (Å²) in [5.74, 6) is -2.75. The largest absolute Gasteiger partial charge is 0.452 e. The summed E-state index contributed by atoms with van der Waals surface area (Å²) in [6, 6.07) is 9.57. The van der Waals surface area contributed by atoms with Crippen molar-refractivity contribution < 1.29 is 37.4 Å². The van der Waals surface area contributed by atoms with E-state index in [0.29, 0.717) is 0 Å². The van der Waals surface area contributed by atoms with E-state index < -0.39 is 36.9 Å². The van der Waals surface area contributed by atoms with Crippen LogP contribution in [0.4, 0.5) is 25.8 Å². The molecule has 0 saturated carbocycles. The first-order chi connectivity index (χ1) is 14.6. The molecule has 11 heteroatoms. The van der Waals surface area contributed by atoms with Crippen molar-refractivity contribution in [2.24, 2.45) is 0 Å². The second-order valence-corrected chi connectivity index (χ2v) is 6.16. The van der Waals surface area contributed by atoms with Crippen molar-refractivity contribution in [3.63, 3.8) is 0 Å². The molecule has 0 radical (unpaired) electrons. The lowest BCUT2D eigenvalue weighted by atomic mass is 10.1. The molecule has 0 aromatic heterocycles. The second-order valence-electron chi connectivity index (χ2n) is 6.16. The Morgan fingerprint density at radius 2 is 1.48 bits per heavy atom. The van der Waals surface area contributed by atoms with Crippen molar-refractivity contribution in [1.29, 1.82) is 0 Å². The molecule has 164 valence electrons. The van der Waals surface area contributed by atoms with E-state index in [9.17, 15) is 28.0 Å². The van der Waals surface area contributed by atoms with Crippen LogP contribution < -0.4 is 20.7 Å². The Balaban J connectivity index is 2.07. The summed E-state index contributed by atoms with van der Waals surface area (Å²) in [5.41, 5.74) is 0.398. The monoisotopic (exact) mass is 435 g/mol. The highest BCUT2D eigenvalue weighted by Crippen LogP contribution is 2.25. The number of rotatable bonds is 8. The molecule has 0 heterocycles. The number of hydrogen-bond donors (Lipinski definition) is 3. The number of amides is 3. The van der Waals surface area contributed by atoms with Crippen molar-refractivity contribution in [3.8, 4) is 5.75 Å². The van der Waals surface area contributed by atoms with Gasteiger partial charge < -0.3 is 25.4 Å². The van der Waals surface area contributed by atoms with Gasteiger partial charge in [-0.1, -0.05) is 12.1 Å². The number of benzene rings is 2. The number of ether oxygens (including phenoxy) is 2. The highest BCUT2D eigenvalue weighted by Gasteiger charge is 2.16. The van der Waals surface area contributed by atoms with Gasteiger partial charge in [0.1, 0.15) is 5.75 Å². The molecule has 0 aliphatic carbocycles. The number of nitrogens with one attached hydrogen (secondary N) is 3. The first kappa shape index (κ1) is 23.3. The summed E-state index contributed by atoms with van der Waals surface area (Å²) in [7, 11) is 0. The van der Waals surface area contributed by atoms with Crippen LogP contribution in [-0.4, -0.2) is 36.9 Å². The Bertz CT molecular complexity index is 962. The Morgan fingerprint density at radius 3 is 2.03 bits per heavy atom. The molecule has 0 atom stereocenters. The van der Waals surface area contributed by atoms with E-state index in [1.165, 1.54) is 56.3 Å². The Kier molecular flexibility index (Phi) is 8.01. The van der Waals surface area contributed by atoms with E-state index in [1.54, 1.807) is 0 Å². The van der Waals surface area contributed by atoms with E-state index in [4.69, 9.17) is 4.74 Å². The molecule has 0 unspecified atom stereocenters. The number of carbonyl (C=O) groups excluding carboxylic acids is 4. The van der Waals surface area contributed by atoms with Crippen molar-refractivity contribution in [1.82, 2.24) is 0 Å². The molecule has 3 N–H and O–H groups in total. The summed E-state index contributed by atoms with van der Waals surface area (Å²) in [6.07, 6.45) is 0. The van der Waals surface area contributed by atoms with Crippen molar-refractivity contribution in [3.05, 3.63) is 48.0 Å². The fourth-order valence-corrected chi connectivity index (χ4v) is 2.47. The summed E-state index contributed by atoms with van der Waals surface area (Å²) >= 11 is 0. The summed E-state index contributed by atoms with van der Waals surface area (Å²) < 4.78 is 34.1. The summed E-state index contributed by atoms with van der Waals surface area (Å²) in [6.45, 7) is -1.27. The predicted octanol–water partition coefficient (Wildman–Crippen LogP) is 3.00. The minimum absolute atomic E-state index is 0.0237. The average Bonchev–Trinajstić information content (AvgIpc) is 2.66. The SMILES string of the molecule is CC(=O)Nc1cc(NC(C)=O)cc(C(=O)OCC(=O)Nc2ccccc2OC(F)F)c1. The van der Waals surface area contributed by atoms with Crippen LogP contribution in [0.2, 0.25) is 0 Å². The van der Waals surface area contributed by atoms with Crippen LogP contribution in [0, 0.1) is 0 Å². The van der Waals surface area contributed by atoms with Gasteiger partial charge in [-0.25, -0.2) is 4.79 Å². The quantitative estimate of drug-likeness (QED) is 0.548. The number of para-hydroxylation sites is 2. The molecule has 0 aliphatic heterocycles. The first-order valence-electron chi connectivity index (χ1n) is 8.85. The van der Waals surface area contributed by atoms with Crippen molar-refractivity contribution in [2.45, 2.75) is 20.5 Å². The van der Waals surface area contributed by atoms with Crippen LogP contribution in [0.15, 0.2) is 42.5 Å². The standard InChI is InChI=1S/C20H19F2N3O6/c1-11(26)23-14-7-13(8-15(9-14)24-12(2)27)19(29)30-10-18(28)25-16-5-3-4-6-17(16)31-20(21)22/h3-9,20H,10H2,1-2H3,(H,23,26)(H,24,27)(H,25,28). The van der Waals surface area contributed by atoms with Gasteiger partial charge in [-0.2, -0.15) is 8.78 Å². The molecule has 0 spiro atoms. The number of alkyl halides is 2. The van der Waals surface area contributed by atoms with Gasteiger partial charge in [0.25, 0.3) is 5.91 Å². The topological polar surface area (TPSA) is 123 Å². The zero-order valence-corrected chi connectivity index (χ0v) is 16.5. The smallest absolute Gasteiger partial charge is 0.387 e. The lowest BCUT2D eigenvalue weighted by Crippen LogP contribution is -2.21. The van der Waals surface area contributed by atoms with Crippen LogP contribution >= 0.6 is 0 Å². The maximum Gasteiger partial charge on any atom is 0.387 e. The first-order valence-corrected chi connectivity index (χ1v) is 8.85. The van der Waals surface area contributed by atoms with Gasteiger partial charge in [0.15, 0.2) is 6.61 Å². The minimum atomic E-state index is -3.08. The highest BCUT2D eigenvalue weighted by molar-refractivity contribution is 5.99. The number of halogens is 2. The second kappa shape index (κ2) is 10.7. The van der Waals surface area contributed by atoms with Gasteiger partial charge in [0.2, 0.25) is 11.8 Å². The van der Waals surface area contributed by atoms with E-state index in [0.717, 1.165) is 0 Å². The fraction of sp³-hybridized carbons (Fsp3) is 0.200. The van der Waals surface area contributed by atoms with Gasteiger partial charge in [0, 0.05) is 25.2 Å². The molecular weight excluding hydrogens is 416 g/mol. The van der Waals surface area contributed by atoms with Crippen LogP contribution in [0.1, 0.15) is 24.2 Å². The number of esters is 1. The fourth-order valence-electron chi connectivity index (χ4n) is 2.47. The third-order valence-corrected chi connectivity index (χ3v) is 3.52. The molecule has 2 aromatic carbocycles. The maximum atomic E-state index is 12.4. The van der Waals surface area contributed by atoms with E-state index in [2.05, 4.69) is 20.7 Å². The molecule has 0 aliphatic rings. The van der Waals surface area contributed by atoms with Gasteiger partial charge in [0.05, 0.1) is 11.3 Å². The predicted molar refractivity (Wildman–Crippen MR) is 107 cm³/mol. The van der Waals surface area contributed by atoms with Crippen molar-refractivity contribution >= 4 is 40.8 Å². The average molecular weight is 435 g/mol. The van der Waals surface area contributed by atoms with Gasteiger partial charge in [-0.15, -0.1) is 0 Å². The zero-order valence-electron chi connectivity index (χ0n) is 16.5. The van der Waals surface area contributed by atoms with Crippen molar-refractivity contribution in [2.75, 3.05) is 22.6 Å². The maximum absolute atomic E-state index is 12.4. The van der Waals surface area contributed by atoms with Crippen LogP contribution in [0.25, 0.3) is 0 Å². The molecule has 0 bridgehead atoms. The zero-order chi connectivity index (χ0) is 23.0. The van der Waals surface area contributed by atoms with E-state index in [1.807, 2.05) is 0 Å². The third-order valence-electron chi connectivity index (χ3n) is 3.52. The lowest BCUT2D eigenvalue weighted by Gasteiger charge is -2.12. The number of carbonyl (C=O) groups is 4. The third kappa shape index (κ3) is 7.72. The van der Waals surface area contributed by atoms with E-state index >= 15 is 0 Å². The highest BCUT2D eigenvalue weighted by atomic mass is 19.3. The molecule has 2 aromatic rings. The van der Waals surface area contributed by atoms with Crippen LogP contribution in [0.5, 0.6) is 5.75 Å².